The second-order valence-electron chi connectivity index (χ2n) is 3.64. The van der Waals surface area contributed by atoms with E-state index in [-0.39, 0.29) is 16.9 Å². The SMILES string of the molecule is CC(=O)N1C(=S)NC(=O)[C@@H]1c1ccc(F)cc1. The summed E-state index contributed by atoms with van der Waals surface area (Å²) in [4.78, 5) is 24.3. The van der Waals surface area contributed by atoms with Crippen molar-refractivity contribution in [3.63, 3.8) is 0 Å². The maximum Gasteiger partial charge on any atom is 0.254 e. The van der Waals surface area contributed by atoms with Crippen LogP contribution in [-0.2, 0) is 9.59 Å². The Labute approximate surface area is 102 Å². The molecule has 0 aromatic heterocycles. The van der Waals surface area contributed by atoms with E-state index in [0.717, 1.165) is 0 Å². The van der Waals surface area contributed by atoms with Crippen LogP contribution in [0.15, 0.2) is 24.3 Å². The summed E-state index contributed by atoms with van der Waals surface area (Å²) < 4.78 is 12.8. The lowest BCUT2D eigenvalue weighted by Gasteiger charge is -2.19. The molecule has 2 amide bonds. The number of thiocarbonyl (C=S) groups is 1. The summed E-state index contributed by atoms with van der Waals surface area (Å²) in [5.74, 6) is -1.11. The van der Waals surface area contributed by atoms with Crippen LogP contribution >= 0.6 is 12.2 Å². The largest absolute Gasteiger partial charge is 0.301 e. The average Bonchev–Trinajstić information content (AvgIpc) is 2.55. The van der Waals surface area contributed by atoms with Gasteiger partial charge in [-0.15, -0.1) is 0 Å². The van der Waals surface area contributed by atoms with Gasteiger partial charge in [0.15, 0.2) is 5.11 Å². The van der Waals surface area contributed by atoms with E-state index in [9.17, 15) is 14.0 Å². The lowest BCUT2D eigenvalue weighted by molar-refractivity contribution is -0.131. The molecule has 4 nitrogen and oxygen atoms in total. The van der Waals surface area contributed by atoms with Crippen LogP contribution in [0, 0.1) is 5.82 Å². The third kappa shape index (κ3) is 2.03. The Kier molecular flexibility index (Phi) is 2.89. The Morgan fingerprint density at radius 2 is 2.00 bits per heavy atom. The maximum absolute atomic E-state index is 12.8. The highest BCUT2D eigenvalue weighted by Gasteiger charge is 2.39. The number of hydrogen-bond donors (Lipinski definition) is 1. The van der Waals surface area contributed by atoms with E-state index in [1.54, 1.807) is 0 Å². The Balaban J connectivity index is 2.41. The number of rotatable bonds is 1. The first-order chi connectivity index (χ1) is 8.00. The third-order valence-corrected chi connectivity index (χ3v) is 2.78. The molecule has 0 spiro atoms. The Bertz CT molecular complexity index is 501. The number of nitrogens with zero attached hydrogens (tertiary/aromatic N) is 1. The smallest absolute Gasteiger partial charge is 0.254 e. The number of benzene rings is 1. The summed E-state index contributed by atoms with van der Waals surface area (Å²) in [6.45, 7) is 1.32. The summed E-state index contributed by atoms with van der Waals surface area (Å²) >= 11 is 4.90. The maximum atomic E-state index is 12.8. The van der Waals surface area contributed by atoms with Gasteiger partial charge < -0.3 is 5.32 Å². The molecule has 0 bridgehead atoms. The lowest BCUT2D eigenvalue weighted by Crippen LogP contribution is -2.33. The van der Waals surface area contributed by atoms with Gasteiger partial charge in [-0.1, -0.05) is 12.1 Å². The van der Waals surface area contributed by atoms with Gasteiger partial charge in [-0.2, -0.15) is 0 Å². The van der Waals surface area contributed by atoms with Crippen molar-refractivity contribution in [1.29, 1.82) is 0 Å². The van der Waals surface area contributed by atoms with Crippen LogP contribution in [0.3, 0.4) is 0 Å². The minimum Gasteiger partial charge on any atom is -0.301 e. The molecule has 0 aliphatic carbocycles. The monoisotopic (exact) mass is 252 g/mol. The molecular weight excluding hydrogens is 243 g/mol. The van der Waals surface area contributed by atoms with Crippen molar-refractivity contribution in [3.05, 3.63) is 35.6 Å². The fourth-order valence-electron chi connectivity index (χ4n) is 1.74. The molecule has 88 valence electrons. The first kappa shape index (κ1) is 11.7. The van der Waals surface area contributed by atoms with Crippen molar-refractivity contribution in [2.45, 2.75) is 13.0 Å². The molecule has 1 aromatic carbocycles. The van der Waals surface area contributed by atoms with Gasteiger partial charge in [-0.3, -0.25) is 14.5 Å². The normalized spacial score (nSPS) is 19.4. The predicted octanol–water partition coefficient (Wildman–Crippen LogP) is 1.13. The lowest BCUT2D eigenvalue weighted by atomic mass is 10.1. The van der Waals surface area contributed by atoms with Gasteiger partial charge >= 0.3 is 0 Å². The molecule has 1 saturated heterocycles. The zero-order chi connectivity index (χ0) is 12.6. The van der Waals surface area contributed by atoms with Gasteiger partial charge in [0, 0.05) is 6.92 Å². The van der Waals surface area contributed by atoms with E-state index in [0.29, 0.717) is 5.56 Å². The minimum atomic E-state index is -0.805. The highest BCUT2D eigenvalue weighted by Crippen LogP contribution is 2.26. The van der Waals surface area contributed by atoms with Crippen molar-refractivity contribution in [3.8, 4) is 0 Å². The van der Waals surface area contributed by atoms with E-state index in [2.05, 4.69) is 5.32 Å². The van der Waals surface area contributed by atoms with E-state index in [1.165, 1.54) is 36.1 Å². The topological polar surface area (TPSA) is 49.4 Å². The molecule has 6 heteroatoms. The summed E-state index contributed by atoms with van der Waals surface area (Å²) in [7, 11) is 0. The standard InChI is InChI=1S/C11H9FN2O2S/c1-6(15)14-9(10(16)13-11(14)17)7-2-4-8(12)5-3-7/h2-5,9H,1H3,(H,13,16,17)/t9-/m0/s1. The Morgan fingerprint density at radius 3 is 2.53 bits per heavy atom. The van der Waals surface area contributed by atoms with E-state index in [4.69, 9.17) is 12.2 Å². The molecular formula is C11H9FN2O2S. The van der Waals surface area contributed by atoms with Gasteiger partial charge in [0.25, 0.3) is 5.91 Å². The second-order valence-corrected chi connectivity index (χ2v) is 4.02. The summed E-state index contributed by atoms with van der Waals surface area (Å²) in [5.41, 5.74) is 0.527. The Morgan fingerprint density at radius 1 is 1.41 bits per heavy atom. The molecule has 2 rings (SSSR count). The first-order valence-corrected chi connectivity index (χ1v) is 5.31. The van der Waals surface area contributed by atoms with Gasteiger partial charge in [0.1, 0.15) is 11.9 Å². The highest BCUT2D eigenvalue weighted by atomic mass is 32.1. The summed E-state index contributed by atoms with van der Waals surface area (Å²) in [6.07, 6.45) is 0. The average molecular weight is 252 g/mol. The molecule has 1 fully saturated rings. The fourth-order valence-corrected chi connectivity index (χ4v) is 2.07. The minimum absolute atomic E-state index is 0.0804. The van der Waals surface area contributed by atoms with Crippen molar-refractivity contribution in [2.24, 2.45) is 0 Å². The number of carbonyl (C=O) groups is 2. The van der Waals surface area contributed by atoms with Crippen molar-refractivity contribution < 1.29 is 14.0 Å². The van der Waals surface area contributed by atoms with E-state index >= 15 is 0 Å². The molecule has 1 heterocycles. The molecule has 0 radical (unpaired) electrons. The molecule has 1 aliphatic rings. The third-order valence-electron chi connectivity index (χ3n) is 2.48. The number of hydrogen-bond acceptors (Lipinski definition) is 3. The summed E-state index contributed by atoms with van der Waals surface area (Å²) in [5, 5.41) is 2.50. The molecule has 1 atom stereocenters. The number of nitrogens with one attached hydrogen (secondary N) is 1. The summed E-state index contributed by atoms with van der Waals surface area (Å²) in [6, 6.07) is 4.60. The van der Waals surface area contributed by atoms with Crippen LogP contribution in [0.4, 0.5) is 4.39 Å². The van der Waals surface area contributed by atoms with Crippen molar-refractivity contribution >= 4 is 29.1 Å². The first-order valence-electron chi connectivity index (χ1n) is 4.91. The molecule has 0 saturated carbocycles. The highest BCUT2D eigenvalue weighted by molar-refractivity contribution is 7.80. The van der Waals surface area contributed by atoms with E-state index < -0.39 is 11.9 Å². The quantitative estimate of drug-likeness (QED) is 0.762. The molecule has 0 unspecified atom stereocenters. The Hall–Kier alpha value is -1.82. The van der Waals surface area contributed by atoms with Crippen LogP contribution in [0.2, 0.25) is 0 Å². The number of carbonyl (C=O) groups excluding carboxylic acids is 2. The predicted molar refractivity (Wildman–Crippen MR) is 62.4 cm³/mol. The second kappa shape index (κ2) is 4.21. The number of halogens is 1. The van der Waals surface area contributed by atoms with Crippen LogP contribution in [0.5, 0.6) is 0 Å². The van der Waals surface area contributed by atoms with E-state index in [1.807, 2.05) is 0 Å². The van der Waals surface area contributed by atoms with Crippen molar-refractivity contribution in [1.82, 2.24) is 10.2 Å². The molecule has 1 aliphatic heterocycles. The zero-order valence-electron chi connectivity index (χ0n) is 8.94. The fraction of sp³-hybridized carbons (Fsp3) is 0.182. The zero-order valence-corrected chi connectivity index (χ0v) is 9.75. The van der Waals surface area contributed by atoms with Crippen molar-refractivity contribution in [2.75, 3.05) is 0 Å². The van der Waals surface area contributed by atoms with Crippen LogP contribution in [0.1, 0.15) is 18.5 Å². The van der Waals surface area contributed by atoms with Crippen LogP contribution < -0.4 is 5.32 Å². The molecule has 1 aromatic rings. The molecule has 17 heavy (non-hydrogen) atoms. The number of amides is 2. The van der Waals surface area contributed by atoms with Crippen LogP contribution in [0.25, 0.3) is 0 Å². The van der Waals surface area contributed by atoms with Gasteiger partial charge in [-0.25, -0.2) is 4.39 Å². The molecule has 1 N–H and O–H groups in total. The van der Waals surface area contributed by atoms with Crippen LogP contribution in [-0.4, -0.2) is 21.8 Å². The van der Waals surface area contributed by atoms with Gasteiger partial charge in [0.2, 0.25) is 5.91 Å². The van der Waals surface area contributed by atoms with Gasteiger partial charge in [0.05, 0.1) is 0 Å². The van der Waals surface area contributed by atoms with Gasteiger partial charge in [-0.05, 0) is 29.9 Å².